The van der Waals surface area contributed by atoms with E-state index in [1.807, 2.05) is 6.92 Å². The van der Waals surface area contributed by atoms with Gasteiger partial charge in [0.05, 0.1) is 12.7 Å². The first kappa shape index (κ1) is 18.3. The summed E-state index contributed by atoms with van der Waals surface area (Å²) in [4.78, 5) is 9.05. The lowest BCUT2D eigenvalue weighted by Gasteiger charge is -2.10. The Balaban J connectivity index is 3.05. The van der Waals surface area contributed by atoms with E-state index in [-0.39, 0.29) is 19.3 Å². The third kappa shape index (κ3) is 14.4. The van der Waals surface area contributed by atoms with Crippen LogP contribution in [0.3, 0.4) is 0 Å². The Morgan fingerprint density at radius 3 is 2.11 bits per heavy atom. The summed E-state index contributed by atoms with van der Waals surface area (Å²) in [5.74, 6) is 1.02. The van der Waals surface area contributed by atoms with E-state index in [1.54, 1.807) is 0 Å². The van der Waals surface area contributed by atoms with Crippen molar-refractivity contribution < 1.29 is 34.7 Å². The molecule has 0 saturated heterocycles. The number of halogens is 2. The van der Waals surface area contributed by atoms with Crippen molar-refractivity contribution in [3.63, 3.8) is 0 Å². The molecule has 1 unspecified atom stereocenters. The zero-order chi connectivity index (χ0) is 13.5. The number of rotatable bonds is 14. The molecule has 0 amide bonds. The van der Waals surface area contributed by atoms with Gasteiger partial charge in [0.1, 0.15) is 6.61 Å². The van der Waals surface area contributed by atoms with Crippen LogP contribution in [0.25, 0.3) is 0 Å². The molecule has 0 aliphatic rings. The first-order valence-electron chi connectivity index (χ1n) is 5.46. The summed E-state index contributed by atoms with van der Waals surface area (Å²) in [7, 11) is 0. The monoisotopic (exact) mass is 308 g/mol. The maximum Gasteiger partial charge on any atom is 0.111 e. The first-order chi connectivity index (χ1) is 8.81. The van der Waals surface area contributed by atoms with Gasteiger partial charge in [0.25, 0.3) is 0 Å². The zero-order valence-corrected chi connectivity index (χ0v) is 11.7. The molecule has 0 spiro atoms. The molecule has 9 heteroatoms. The molecule has 0 rings (SSSR count). The molecule has 0 bridgehead atoms. The van der Waals surface area contributed by atoms with E-state index in [0.717, 1.165) is 6.42 Å². The van der Waals surface area contributed by atoms with Gasteiger partial charge in [0.15, 0.2) is 0 Å². The summed E-state index contributed by atoms with van der Waals surface area (Å²) in [5, 5.41) is 16.2. The second kappa shape index (κ2) is 15.4. The summed E-state index contributed by atoms with van der Waals surface area (Å²) in [6.07, 6.45) is 1.25. The molecule has 18 heavy (non-hydrogen) atoms. The summed E-state index contributed by atoms with van der Waals surface area (Å²) in [6, 6.07) is 0. The van der Waals surface area contributed by atoms with Gasteiger partial charge in [-0.1, -0.05) is 0 Å². The maximum atomic E-state index is 5.49. The molecule has 0 fully saturated rings. The third-order valence-electron chi connectivity index (χ3n) is 1.52. The van der Waals surface area contributed by atoms with Crippen LogP contribution < -0.4 is 0 Å². The fourth-order valence-corrected chi connectivity index (χ4v) is 0.938. The van der Waals surface area contributed by atoms with Crippen molar-refractivity contribution in [3.8, 4) is 0 Å². The van der Waals surface area contributed by atoms with Crippen LogP contribution in [-0.2, 0) is 34.7 Å². The van der Waals surface area contributed by atoms with Crippen molar-refractivity contribution in [2.24, 2.45) is 0 Å². The van der Waals surface area contributed by atoms with E-state index >= 15 is 0 Å². The van der Waals surface area contributed by atoms with Gasteiger partial charge in [-0.2, -0.15) is 0 Å². The van der Waals surface area contributed by atoms with E-state index in [4.69, 9.17) is 27.9 Å². The second-order valence-electron chi connectivity index (χ2n) is 3.15. The highest BCUT2D eigenvalue weighted by molar-refractivity contribution is 6.18. The number of ether oxygens (including phenoxy) is 1. The highest BCUT2D eigenvalue weighted by Crippen LogP contribution is 1.96. The predicted molar refractivity (Wildman–Crippen MR) is 62.3 cm³/mol. The topological polar surface area (TPSA) is 64.6 Å². The van der Waals surface area contributed by atoms with Crippen LogP contribution in [0.15, 0.2) is 0 Å². The number of hydrogen-bond donors (Lipinski definition) is 0. The first-order valence-corrected chi connectivity index (χ1v) is 6.52. The molecule has 0 heterocycles. The fourth-order valence-electron chi connectivity index (χ4n) is 0.720. The second-order valence-corrected chi connectivity index (χ2v) is 3.90. The van der Waals surface area contributed by atoms with Crippen LogP contribution >= 0.6 is 23.2 Å². The molecule has 110 valence electrons. The van der Waals surface area contributed by atoms with Crippen LogP contribution in [-0.4, -0.2) is 37.7 Å². The van der Waals surface area contributed by atoms with Crippen molar-refractivity contribution in [2.45, 2.75) is 25.9 Å². The molecule has 0 N–H and O–H groups in total. The van der Waals surface area contributed by atoms with Crippen LogP contribution in [0.1, 0.15) is 19.8 Å². The molecule has 0 aromatic rings. The minimum atomic E-state index is -0.155. The average Bonchev–Trinajstić information content (AvgIpc) is 2.37. The molecule has 0 aromatic carbocycles. The van der Waals surface area contributed by atoms with Gasteiger partial charge in [-0.15, -0.1) is 23.2 Å². The quantitative estimate of drug-likeness (QED) is 0.211. The standard InChI is InChI=1S/C9H18Cl2O7/c1-9(12-6-2-4-10)8-14-16-18-17-15-13-7-3-5-11/h9H,2-8H2,1H3. The van der Waals surface area contributed by atoms with Crippen molar-refractivity contribution in [1.82, 2.24) is 0 Å². The Hall–Kier alpha value is 0.300. The molecule has 7 nitrogen and oxygen atoms in total. The molecular weight excluding hydrogens is 291 g/mol. The van der Waals surface area contributed by atoms with Crippen LogP contribution in [0, 0.1) is 0 Å². The summed E-state index contributed by atoms with van der Waals surface area (Å²) >= 11 is 10.9. The number of alkyl halides is 2. The van der Waals surface area contributed by atoms with Gasteiger partial charge >= 0.3 is 0 Å². The normalized spacial score (nSPS) is 12.8. The smallest absolute Gasteiger partial charge is 0.111 e. The third-order valence-corrected chi connectivity index (χ3v) is 2.06. The largest absolute Gasteiger partial charge is 0.376 e. The summed E-state index contributed by atoms with van der Waals surface area (Å²) < 4.78 is 5.30. The van der Waals surface area contributed by atoms with Gasteiger partial charge in [-0.25, -0.2) is 9.78 Å². The van der Waals surface area contributed by atoms with Crippen LogP contribution in [0.4, 0.5) is 0 Å². The fraction of sp³-hybridized carbons (Fsp3) is 1.00. The Labute approximate surface area is 116 Å². The van der Waals surface area contributed by atoms with E-state index < -0.39 is 0 Å². The summed E-state index contributed by atoms with van der Waals surface area (Å²) in [6.45, 7) is 2.81. The molecule has 0 radical (unpaired) electrons. The van der Waals surface area contributed by atoms with Gasteiger partial charge < -0.3 is 4.74 Å². The maximum absolute atomic E-state index is 5.49. The van der Waals surface area contributed by atoms with E-state index in [0.29, 0.717) is 24.8 Å². The summed E-state index contributed by atoms with van der Waals surface area (Å²) in [5.41, 5.74) is 0. The number of hydrogen-bond acceptors (Lipinski definition) is 7. The van der Waals surface area contributed by atoms with Gasteiger partial charge in [0.2, 0.25) is 0 Å². The Morgan fingerprint density at radius 1 is 0.833 bits per heavy atom. The van der Waals surface area contributed by atoms with Crippen molar-refractivity contribution >= 4 is 23.2 Å². The van der Waals surface area contributed by atoms with Crippen molar-refractivity contribution in [1.29, 1.82) is 0 Å². The van der Waals surface area contributed by atoms with Crippen LogP contribution in [0.5, 0.6) is 0 Å². The molecule has 0 aromatic heterocycles. The highest BCUT2D eigenvalue weighted by Gasteiger charge is 2.03. The lowest BCUT2D eigenvalue weighted by atomic mass is 10.4. The van der Waals surface area contributed by atoms with Gasteiger partial charge in [-0.05, 0) is 39.9 Å². The molecular formula is C9H18Cl2O7. The Bertz CT molecular complexity index is 164. The lowest BCUT2D eigenvalue weighted by Crippen LogP contribution is -2.17. The minimum absolute atomic E-state index is 0.155. The van der Waals surface area contributed by atoms with Crippen molar-refractivity contribution in [2.75, 3.05) is 31.6 Å². The molecule has 0 aliphatic heterocycles. The van der Waals surface area contributed by atoms with E-state index in [9.17, 15) is 0 Å². The SMILES string of the molecule is CC(COOOOOOCCCCl)OCCCCl. The van der Waals surface area contributed by atoms with Gasteiger partial charge in [0, 0.05) is 18.4 Å². The molecule has 0 aliphatic carbocycles. The average molecular weight is 309 g/mol. The predicted octanol–water partition coefficient (Wildman–Crippen LogP) is 2.32. The van der Waals surface area contributed by atoms with Crippen molar-refractivity contribution in [3.05, 3.63) is 0 Å². The van der Waals surface area contributed by atoms with Crippen LogP contribution in [0.2, 0.25) is 0 Å². The van der Waals surface area contributed by atoms with E-state index in [1.165, 1.54) is 0 Å². The Kier molecular flexibility index (Phi) is 15.6. The van der Waals surface area contributed by atoms with Gasteiger partial charge in [-0.3, -0.25) is 0 Å². The lowest BCUT2D eigenvalue weighted by molar-refractivity contribution is -0.757. The highest BCUT2D eigenvalue weighted by atomic mass is 35.5. The van der Waals surface area contributed by atoms with E-state index in [2.05, 4.69) is 29.9 Å². The minimum Gasteiger partial charge on any atom is -0.376 e. The Morgan fingerprint density at radius 2 is 1.44 bits per heavy atom. The molecule has 1 atom stereocenters. The molecule has 0 saturated carbocycles. The zero-order valence-electron chi connectivity index (χ0n) is 10.1.